The first kappa shape index (κ1) is 12.7. The highest BCUT2D eigenvalue weighted by Crippen LogP contribution is 2.27. The quantitative estimate of drug-likeness (QED) is 0.784. The molecule has 1 rings (SSSR count). The van der Waals surface area contributed by atoms with Crippen molar-refractivity contribution in [3.63, 3.8) is 0 Å². The van der Waals surface area contributed by atoms with Crippen molar-refractivity contribution >= 4 is 11.4 Å². The van der Waals surface area contributed by atoms with Crippen LogP contribution in [0.2, 0.25) is 0 Å². The molecule has 16 heavy (non-hydrogen) atoms. The summed E-state index contributed by atoms with van der Waals surface area (Å²) in [6.07, 6.45) is 2.01. The van der Waals surface area contributed by atoms with E-state index in [1.54, 1.807) is 0 Å². The van der Waals surface area contributed by atoms with E-state index in [4.69, 9.17) is 5.73 Å². The van der Waals surface area contributed by atoms with Crippen LogP contribution < -0.4 is 10.6 Å². The third-order valence-electron chi connectivity index (χ3n) is 2.58. The first-order valence-corrected chi connectivity index (χ1v) is 5.59. The topological polar surface area (TPSA) is 29.3 Å². The Bertz CT molecular complexity index is 353. The minimum atomic E-state index is -0.690. The maximum Gasteiger partial charge on any atom is 0.151 e. The lowest BCUT2D eigenvalue weighted by molar-refractivity contribution is 0.584. The maximum atomic E-state index is 13.3. The molecule has 0 aliphatic heterocycles. The van der Waals surface area contributed by atoms with Gasteiger partial charge in [0, 0.05) is 19.2 Å². The van der Waals surface area contributed by atoms with E-state index < -0.39 is 11.6 Å². The number of anilines is 2. The highest BCUT2D eigenvalue weighted by Gasteiger charge is 2.13. The summed E-state index contributed by atoms with van der Waals surface area (Å²) in [5.74, 6) is -1.28. The Labute approximate surface area is 95.1 Å². The summed E-state index contributed by atoms with van der Waals surface area (Å²) in [7, 11) is 0. The van der Waals surface area contributed by atoms with Gasteiger partial charge in [0.15, 0.2) is 5.82 Å². The molecule has 1 aromatic rings. The molecule has 2 nitrogen and oxygen atoms in total. The monoisotopic (exact) mass is 228 g/mol. The van der Waals surface area contributed by atoms with Gasteiger partial charge in [0.2, 0.25) is 0 Å². The largest absolute Gasteiger partial charge is 0.395 e. The Hall–Kier alpha value is -1.32. The summed E-state index contributed by atoms with van der Waals surface area (Å²) in [6, 6.07) is 2.10. The van der Waals surface area contributed by atoms with Crippen molar-refractivity contribution in [3.8, 4) is 0 Å². The highest BCUT2D eigenvalue weighted by molar-refractivity contribution is 5.68. The number of nitrogens with zero attached hydrogens (tertiary/aromatic N) is 1. The third kappa shape index (κ3) is 2.84. The Morgan fingerprint density at radius 2 is 1.94 bits per heavy atom. The van der Waals surface area contributed by atoms with Gasteiger partial charge in [-0.05, 0) is 19.4 Å². The van der Waals surface area contributed by atoms with Crippen molar-refractivity contribution in [3.05, 3.63) is 23.8 Å². The zero-order chi connectivity index (χ0) is 12.1. The molecule has 0 saturated heterocycles. The number of rotatable bonds is 5. The number of nitrogen functional groups attached to an aromatic ring is 1. The van der Waals surface area contributed by atoms with E-state index in [-0.39, 0.29) is 5.69 Å². The van der Waals surface area contributed by atoms with E-state index in [1.807, 2.05) is 11.8 Å². The fourth-order valence-corrected chi connectivity index (χ4v) is 1.63. The second kappa shape index (κ2) is 5.68. The molecule has 0 radical (unpaired) electrons. The summed E-state index contributed by atoms with van der Waals surface area (Å²) in [4.78, 5) is 1.89. The molecule has 0 saturated carbocycles. The van der Waals surface area contributed by atoms with Gasteiger partial charge in [-0.1, -0.05) is 13.3 Å². The highest BCUT2D eigenvalue weighted by atomic mass is 19.1. The van der Waals surface area contributed by atoms with E-state index in [9.17, 15) is 8.78 Å². The molecule has 2 N–H and O–H groups in total. The molecule has 0 fully saturated rings. The summed E-state index contributed by atoms with van der Waals surface area (Å²) in [6.45, 7) is 5.47. The first-order chi connectivity index (χ1) is 7.60. The Morgan fingerprint density at radius 1 is 1.25 bits per heavy atom. The van der Waals surface area contributed by atoms with Crippen molar-refractivity contribution < 1.29 is 8.78 Å². The van der Waals surface area contributed by atoms with Crippen LogP contribution in [0.1, 0.15) is 26.7 Å². The van der Waals surface area contributed by atoms with E-state index >= 15 is 0 Å². The number of hydrogen-bond donors (Lipinski definition) is 1. The lowest BCUT2D eigenvalue weighted by Gasteiger charge is -2.24. The lowest BCUT2D eigenvalue weighted by Crippen LogP contribution is -2.25. The Balaban J connectivity index is 2.99. The fraction of sp³-hybridized carbons (Fsp3) is 0.500. The maximum absolute atomic E-state index is 13.3. The molecule has 0 aliphatic rings. The zero-order valence-electron chi connectivity index (χ0n) is 9.76. The van der Waals surface area contributed by atoms with Crippen LogP contribution in [-0.2, 0) is 0 Å². The molecule has 0 amide bonds. The molecule has 4 heteroatoms. The average Bonchev–Trinajstić information content (AvgIpc) is 2.25. The SMILES string of the molecule is CCCCN(CC)c1cc(F)cc(F)c1N. The van der Waals surface area contributed by atoms with E-state index in [0.717, 1.165) is 25.5 Å². The van der Waals surface area contributed by atoms with Crippen molar-refractivity contribution in [1.29, 1.82) is 0 Å². The van der Waals surface area contributed by atoms with Crippen molar-refractivity contribution in [1.82, 2.24) is 0 Å². The molecule has 0 unspecified atom stereocenters. The Kier molecular flexibility index (Phi) is 4.52. The van der Waals surface area contributed by atoms with Gasteiger partial charge < -0.3 is 10.6 Å². The van der Waals surface area contributed by atoms with Crippen LogP contribution >= 0.6 is 0 Å². The summed E-state index contributed by atoms with van der Waals surface area (Å²) in [5, 5.41) is 0. The van der Waals surface area contributed by atoms with Gasteiger partial charge >= 0.3 is 0 Å². The smallest absolute Gasteiger partial charge is 0.151 e. The van der Waals surface area contributed by atoms with E-state index in [2.05, 4.69) is 6.92 Å². The van der Waals surface area contributed by atoms with Crippen molar-refractivity contribution in [2.45, 2.75) is 26.7 Å². The minimum absolute atomic E-state index is 0.0272. The van der Waals surface area contributed by atoms with Crippen LogP contribution in [0.5, 0.6) is 0 Å². The number of halogens is 2. The van der Waals surface area contributed by atoms with Crippen LogP contribution in [0.4, 0.5) is 20.2 Å². The van der Waals surface area contributed by atoms with Crippen molar-refractivity contribution in [2.24, 2.45) is 0 Å². The van der Waals surface area contributed by atoms with Crippen LogP contribution in [0.3, 0.4) is 0 Å². The van der Waals surface area contributed by atoms with E-state index in [0.29, 0.717) is 12.2 Å². The number of nitrogens with two attached hydrogens (primary N) is 1. The summed E-state index contributed by atoms with van der Waals surface area (Å²) < 4.78 is 26.4. The summed E-state index contributed by atoms with van der Waals surface area (Å²) >= 11 is 0. The lowest BCUT2D eigenvalue weighted by atomic mass is 10.2. The molecular formula is C12H18F2N2. The number of hydrogen-bond acceptors (Lipinski definition) is 2. The van der Waals surface area contributed by atoms with Gasteiger partial charge in [-0.15, -0.1) is 0 Å². The molecule has 0 atom stereocenters. The van der Waals surface area contributed by atoms with Gasteiger partial charge in [0.25, 0.3) is 0 Å². The van der Waals surface area contributed by atoms with Crippen LogP contribution in [-0.4, -0.2) is 13.1 Å². The van der Waals surface area contributed by atoms with E-state index in [1.165, 1.54) is 6.07 Å². The van der Waals surface area contributed by atoms with Gasteiger partial charge in [0.1, 0.15) is 5.82 Å². The molecule has 0 spiro atoms. The molecule has 1 aromatic carbocycles. The predicted molar refractivity (Wildman–Crippen MR) is 63.6 cm³/mol. The van der Waals surface area contributed by atoms with Gasteiger partial charge in [0.05, 0.1) is 11.4 Å². The van der Waals surface area contributed by atoms with Crippen molar-refractivity contribution in [2.75, 3.05) is 23.7 Å². The molecule has 0 heterocycles. The average molecular weight is 228 g/mol. The minimum Gasteiger partial charge on any atom is -0.395 e. The second-order valence-corrected chi connectivity index (χ2v) is 3.75. The Morgan fingerprint density at radius 3 is 2.50 bits per heavy atom. The van der Waals surface area contributed by atoms with Gasteiger partial charge in [-0.25, -0.2) is 8.78 Å². The standard InChI is InChI=1S/C12H18F2N2/c1-3-5-6-16(4-2)11-8-9(13)7-10(14)12(11)15/h7-8H,3-6,15H2,1-2H3. The molecule has 90 valence electrons. The molecule has 0 aliphatic carbocycles. The molecule has 0 bridgehead atoms. The van der Waals surface area contributed by atoms with Gasteiger partial charge in [-0.3, -0.25) is 0 Å². The number of benzene rings is 1. The summed E-state index contributed by atoms with van der Waals surface area (Å²) in [5.41, 5.74) is 6.10. The van der Waals surface area contributed by atoms with Gasteiger partial charge in [-0.2, -0.15) is 0 Å². The normalized spacial score (nSPS) is 10.5. The van der Waals surface area contributed by atoms with Crippen LogP contribution in [0.25, 0.3) is 0 Å². The van der Waals surface area contributed by atoms with Crippen LogP contribution in [0, 0.1) is 11.6 Å². The molecule has 0 aromatic heterocycles. The second-order valence-electron chi connectivity index (χ2n) is 3.75. The fourth-order valence-electron chi connectivity index (χ4n) is 1.63. The van der Waals surface area contributed by atoms with Crippen LogP contribution in [0.15, 0.2) is 12.1 Å². The zero-order valence-corrected chi connectivity index (χ0v) is 9.76. The number of unbranched alkanes of at least 4 members (excludes halogenated alkanes) is 1. The molecular weight excluding hydrogens is 210 g/mol. The third-order valence-corrected chi connectivity index (χ3v) is 2.58. The first-order valence-electron chi connectivity index (χ1n) is 5.59. The predicted octanol–water partition coefficient (Wildman–Crippen LogP) is 3.17.